The Labute approximate surface area is 164 Å². The Kier molecular flexibility index (Phi) is 4.78. The van der Waals surface area contributed by atoms with Crippen molar-refractivity contribution in [1.82, 2.24) is 24.3 Å². The van der Waals surface area contributed by atoms with E-state index in [1.54, 1.807) is 18.5 Å². The van der Waals surface area contributed by atoms with Crippen LogP contribution in [0.3, 0.4) is 0 Å². The molecule has 9 nitrogen and oxygen atoms in total. The van der Waals surface area contributed by atoms with Gasteiger partial charge in [-0.15, -0.1) is 0 Å². The Bertz CT molecular complexity index is 982. The van der Waals surface area contributed by atoms with E-state index in [0.29, 0.717) is 30.5 Å². The SMILES string of the molecule is Cc1nc(C2(NC(=O)c3cc(S(=O)(=O)N4CCCC4)cn3C)CCCC2)no1. The largest absolute Gasteiger partial charge is 0.345 e. The van der Waals surface area contributed by atoms with Crippen molar-refractivity contribution in [3.63, 3.8) is 0 Å². The molecule has 0 radical (unpaired) electrons. The average Bonchev–Trinajstić information content (AvgIpc) is 3.42. The van der Waals surface area contributed by atoms with E-state index < -0.39 is 15.6 Å². The van der Waals surface area contributed by atoms with Crippen LogP contribution in [0.1, 0.15) is 60.7 Å². The number of hydrogen-bond acceptors (Lipinski definition) is 6. The second-order valence-electron chi connectivity index (χ2n) is 7.66. The number of amides is 1. The van der Waals surface area contributed by atoms with Gasteiger partial charge in [0.15, 0.2) is 5.82 Å². The van der Waals surface area contributed by atoms with E-state index in [0.717, 1.165) is 38.5 Å². The van der Waals surface area contributed by atoms with Gasteiger partial charge in [0.2, 0.25) is 15.9 Å². The molecule has 1 N–H and O–H groups in total. The highest BCUT2D eigenvalue weighted by molar-refractivity contribution is 7.89. The summed E-state index contributed by atoms with van der Waals surface area (Å²) in [5.41, 5.74) is -0.378. The van der Waals surface area contributed by atoms with Crippen LogP contribution in [-0.4, -0.2) is 46.4 Å². The second kappa shape index (κ2) is 7.00. The monoisotopic (exact) mass is 407 g/mol. The Morgan fingerprint density at radius 3 is 2.50 bits per heavy atom. The van der Waals surface area contributed by atoms with E-state index in [4.69, 9.17) is 4.52 Å². The molecule has 0 bridgehead atoms. The molecule has 2 fully saturated rings. The molecule has 2 aromatic heterocycles. The lowest BCUT2D eigenvalue weighted by molar-refractivity contribution is 0.0883. The van der Waals surface area contributed by atoms with E-state index in [1.165, 1.54) is 16.6 Å². The van der Waals surface area contributed by atoms with E-state index in [-0.39, 0.29) is 10.8 Å². The summed E-state index contributed by atoms with van der Waals surface area (Å²) in [5.74, 6) is 0.595. The first-order valence-electron chi connectivity index (χ1n) is 9.62. The van der Waals surface area contributed by atoms with Crippen LogP contribution in [0.15, 0.2) is 21.7 Å². The highest BCUT2D eigenvalue weighted by Gasteiger charge is 2.42. The van der Waals surface area contributed by atoms with Crippen molar-refractivity contribution in [1.29, 1.82) is 0 Å². The van der Waals surface area contributed by atoms with E-state index in [2.05, 4.69) is 15.5 Å². The van der Waals surface area contributed by atoms with Crippen molar-refractivity contribution < 1.29 is 17.7 Å². The number of carbonyl (C=O) groups excluding carboxylic acids is 1. The number of hydrogen-bond donors (Lipinski definition) is 1. The molecule has 1 aliphatic carbocycles. The predicted octanol–water partition coefficient (Wildman–Crippen LogP) is 1.70. The molecule has 2 aliphatic rings. The summed E-state index contributed by atoms with van der Waals surface area (Å²) in [6.07, 6.45) is 6.59. The molecule has 2 aromatic rings. The topological polar surface area (TPSA) is 110 Å². The minimum Gasteiger partial charge on any atom is -0.345 e. The van der Waals surface area contributed by atoms with E-state index >= 15 is 0 Å². The first-order chi connectivity index (χ1) is 13.3. The second-order valence-corrected chi connectivity index (χ2v) is 9.60. The maximum atomic E-state index is 13.0. The molecule has 1 aliphatic heterocycles. The fraction of sp³-hybridized carbons (Fsp3) is 0.611. The summed E-state index contributed by atoms with van der Waals surface area (Å²) in [6, 6.07) is 1.45. The third-order valence-corrected chi connectivity index (χ3v) is 7.54. The van der Waals surface area contributed by atoms with Gasteiger partial charge in [-0.3, -0.25) is 4.79 Å². The quantitative estimate of drug-likeness (QED) is 0.808. The Morgan fingerprint density at radius 2 is 1.89 bits per heavy atom. The maximum Gasteiger partial charge on any atom is 0.268 e. The number of carbonyl (C=O) groups is 1. The van der Waals surface area contributed by atoms with Crippen molar-refractivity contribution >= 4 is 15.9 Å². The van der Waals surface area contributed by atoms with Crippen LogP contribution in [0.5, 0.6) is 0 Å². The van der Waals surface area contributed by atoms with Crippen LogP contribution in [0.25, 0.3) is 0 Å². The van der Waals surface area contributed by atoms with Crippen LogP contribution in [0, 0.1) is 6.92 Å². The molecule has 0 spiro atoms. The Morgan fingerprint density at radius 1 is 1.21 bits per heavy atom. The standard InChI is InChI=1S/C18H25N5O4S/c1-13-19-17(21-27-13)18(7-3-4-8-18)20-16(24)15-11-14(12-22(15)2)28(25,26)23-9-5-6-10-23/h11-12H,3-10H2,1-2H3,(H,20,24). The molecule has 28 heavy (non-hydrogen) atoms. The lowest BCUT2D eigenvalue weighted by atomic mass is 9.96. The van der Waals surface area contributed by atoms with Crippen molar-refractivity contribution in [2.45, 2.75) is 55.9 Å². The van der Waals surface area contributed by atoms with Crippen LogP contribution in [-0.2, 0) is 22.6 Å². The number of nitrogens with zero attached hydrogens (tertiary/aromatic N) is 4. The molecular weight excluding hydrogens is 382 g/mol. The smallest absolute Gasteiger partial charge is 0.268 e. The zero-order valence-corrected chi connectivity index (χ0v) is 17.0. The van der Waals surface area contributed by atoms with Gasteiger partial charge in [-0.05, 0) is 31.7 Å². The molecule has 3 heterocycles. The van der Waals surface area contributed by atoms with Crippen molar-refractivity contribution in [2.75, 3.05) is 13.1 Å². The normalized spacial score (nSPS) is 19.9. The molecule has 4 rings (SSSR count). The lowest BCUT2D eigenvalue weighted by Crippen LogP contribution is -2.45. The van der Waals surface area contributed by atoms with Gasteiger partial charge < -0.3 is 14.4 Å². The zero-order chi connectivity index (χ0) is 19.9. The molecule has 0 unspecified atom stereocenters. The minimum absolute atomic E-state index is 0.151. The molecule has 0 atom stereocenters. The number of nitrogens with one attached hydrogen (secondary N) is 1. The average molecular weight is 407 g/mol. The number of aryl methyl sites for hydroxylation is 2. The van der Waals surface area contributed by atoms with Crippen LogP contribution < -0.4 is 5.32 Å². The Balaban J connectivity index is 1.61. The summed E-state index contributed by atoms with van der Waals surface area (Å²) in [7, 11) is -1.89. The third-order valence-electron chi connectivity index (χ3n) is 5.68. The summed E-state index contributed by atoms with van der Waals surface area (Å²) < 4.78 is 33.8. The minimum atomic E-state index is -3.57. The van der Waals surface area contributed by atoms with Crippen molar-refractivity contribution in [2.24, 2.45) is 7.05 Å². The summed E-state index contributed by atoms with van der Waals surface area (Å²) in [4.78, 5) is 17.5. The van der Waals surface area contributed by atoms with Crippen LogP contribution >= 0.6 is 0 Å². The zero-order valence-electron chi connectivity index (χ0n) is 16.1. The van der Waals surface area contributed by atoms with Gasteiger partial charge >= 0.3 is 0 Å². The fourth-order valence-corrected chi connectivity index (χ4v) is 5.73. The van der Waals surface area contributed by atoms with E-state index in [9.17, 15) is 13.2 Å². The molecule has 1 saturated heterocycles. The first-order valence-corrected chi connectivity index (χ1v) is 11.1. The van der Waals surface area contributed by atoms with Gasteiger partial charge in [-0.25, -0.2) is 8.42 Å². The lowest BCUT2D eigenvalue weighted by Gasteiger charge is -2.26. The molecular formula is C18H25N5O4S. The number of rotatable bonds is 5. The van der Waals surface area contributed by atoms with Crippen LogP contribution in [0.4, 0.5) is 0 Å². The van der Waals surface area contributed by atoms with Crippen molar-refractivity contribution in [3.05, 3.63) is 29.7 Å². The van der Waals surface area contributed by atoms with Gasteiger partial charge in [0.05, 0.1) is 0 Å². The summed E-state index contributed by atoms with van der Waals surface area (Å²) >= 11 is 0. The molecule has 0 aromatic carbocycles. The fourth-order valence-electron chi connectivity index (χ4n) is 4.14. The molecule has 10 heteroatoms. The van der Waals surface area contributed by atoms with Gasteiger partial charge in [0.1, 0.15) is 16.1 Å². The van der Waals surface area contributed by atoms with E-state index in [1.807, 2.05) is 0 Å². The Hall–Kier alpha value is -2.20. The van der Waals surface area contributed by atoms with Gasteiger partial charge in [-0.2, -0.15) is 9.29 Å². The van der Waals surface area contributed by atoms with Gasteiger partial charge in [0.25, 0.3) is 5.91 Å². The highest BCUT2D eigenvalue weighted by atomic mass is 32.2. The van der Waals surface area contributed by atoms with Crippen molar-refractivity contribution in [3.8, 4) is 0 Å². The highest BCUT2D eigenvalue weighted by Crippen LogP contribution is 2.37. The molecule has 1 amide bonds. The third kappa shape index (κ3) is 3.24. The number of sulfonamides is 1. The number of aromatic nitrogens is 3. The van der Waals surface area contributed by atoms with Gasteiger partial charge in [-0.1, -0.05) is 18.0 Å². The molecule has 152 valence electrons. The van der Waals surface area contributed by atoms with Gasteiger partial charge in [0, 0.05) is 33.3 Å². The maximum absolute atomic E-state index is 13.0. The predicted molar refractivity (Wildman–Crippen MR) is 100 cm³/mol. The summed E-state index contributed by atoms with van der Waals surface area (Å²) in [5, 5.41) is 7.09. The van der Waals surface area contributed by atoms with Crippen LogP contribution in [0.2, 0.25) is 0 Å². The summed E-state index contributed by atoms with van der Waals surface area (Å²) in [6.45, 7) is 2.77. The molecule has 1 saturated carbocycles. The first kappa shape index (κ1) is 19.1.